The van der Waals surface area contributed by atoms with Gasteiger partial charge in [-0.25, -0.2) is 0 Å². The number of hydrogen-bond donors (Lipinski definition) is 0. The maximum Gasteiger partial charge on any atom is -0.00908 e. The molecule has 0 spiro atoms. The SMILES string of the molecule is C=C(C)C(C)(CCCC)C1CCC2(C)C(CCCCC(C)C)CCC2C1CC.CC. The molecular weight excluding hydrogens is 360 g/mol. The summed E-state index contributed by atoms with van der Waals surface area (Å²) in [6.45, 7) is 25.7. The zero-order chi connectivity index (χ0) is 22.9. The summed E-state index contributed by atoms with van der Waals surface area (Å²) in [6, 6.07) is 0. The molecule has 0 radical (unpaired) electrons. The lowest BCUT2D eigenvalue weighted by Gasteiger charge is -2.54. The molecule has 2 aliphatic carbocycles. The normalized spacial score (nSPS) is 32.9. The smallest absolute Gasteiger partial charge is 0.00908 e. The lowest BCUT2D eigenvalue weighted by Crippen LogP contribution is -2.46. The number of unbranched alkanes of at least 4 members (excludes halogenated alkanes) is 2. The summed E-state index contributed by atoms with van der Waals surface area (Å²) in [5, 5.41) is 0. The monoisotopic (exact) mass is 418 g/mol. The molecule has 0 aromatic carbocycles. The van der Waals surface area contributed by atoms with E-state index in [1.165, 1.54) is 82.6 Å². The molecule has 0 heteroatoms. The summed E-state index contributed by atoms with van der Waals surface area (Å²) >= 11 is 0. The van der Waals surface area contributed by atoms with Gasteiger partial charge in [0.15, 0.2) is 0 Å². The van der Waals surface area contributed by atoms with Crippen molar-refractivity contribution in [2.24, 2.45) is 40.4 Å². The number of allylic oxidation sites excluding steroid dienone is 1. The van der Waals surface area contributed by atoms with Crippen molar-refractivity contribution in [3.8, 4) is 0 Å². The van der Waals surface area contributed by atoms with Crippen LogP contribution in [-0.2, 0) is 0 Å². The molecule has 0 aromatic heterocycles. The highest BCUT2D eigenvalue weighted by Crippen LogP contribution is 2.64. The van der Waals surface area contributed by atoms with Crippen LogP contribution in [0.15, 0.2) is 12.2 Å². The van der Waals surface area contributed by atoms with Crippen molar-refractivity contribution in [3.63, 3.8) is 0 Å². The summed E-state index contributed by atoms with van der Waals surface area (Å²) in [7, 11) is 0. The number of hydrogen-bond acceptors (Lipinski definition) is 0. The van der Waals surface area contributed by atoms with E-state index < -0.39 is 0 Å². The highest BCUT2D eigenvalue weighted by Gasteiger charge is 2.55. The molecule has 2 fully saturated rings. The molecular formula is C30H58. The van der Waals surface area contributed by atoms with E-state index in [0.29, 0.717) is 10.8 Å². The minimum Gasteiger partial charge on any atom is -0.0996 e. The summed E-state index contributed by atoms with van der Waals surface area (Å²) < 4.78 is 0. The van der Waals surface area contributed by atoms with Crippen LogP contribution >= 0.6 is 0 Å². The standard InChI is InChI=1S/C28H52.C2H6/c1-9-11-19-27(7,22(5)6)26-18-20-28(8)23(15-13-12-14-21(3)4)16-17-25(28)24(26)10-2;1-2/h21,23-26H,5,9-20H2,1-4,6-8H3;1-2H3. The predicted molar refractivity (Wildman–Crippen MR) is 138 cm³/mol. The Morgan fingerprint density at radius 3 is 2.27 bits per heavy atom. The molecule has 0 N–H and O–H groups in total. The molecule has 0 heterocycles. The average Bonchev–Trinajstić information content (AvgIpc) is 3.06. The van der Waals surface area contributed by atoms with Gasteiger partial charge in [-0.15, -0.1) is 0 Å². The summed E-state index contributed by atoms with van der Waals surface area (Å²) in [6.07, 6.45) is 17.1. The zero-order valence-corrected chi connectivity index (χ0v) is 22.6. The number of rotatable bonds is 11. The van der Waals surface area contributed by atoms with Gasteiger partial charge in [-0.05, 0) is 85.9 Å². The van der Waals surface area contributed by atoms with Crippen molar-refractivity contribution in [2.45, 2.75) is 139 Å². The molecule has 0 aromatic rings. The summed E-state index contributed by atoms with van der Waals surface area (Å²) in [4.78, 5) is 0. The lowest BCUT2D eigenvalue weighted by atomic mass is 9.50. The molecule has 6 unspecified atom stereocenters. The van der Waals surface area contributed by atoms with Crippen LogP contribution in [0, 0.1) is 40.4 Å². The van der Waals surface area contributed by atoms with E-state index in [1.807, 2.05) is 13.8 Å². The molecule has 0 nitrogen and oxygen atoms in total. The second-order valence-corrected chi connectivity index (χ2v) is 11.6. The van der Waals surface area contributed by atoms with Gasteiger partial charge in [0.25, 0.3) is 0 Å². The molecule has 0 bridgehead atoms. The van der Waals surface area contributed by atoms with Crippen molar-refractivity contribution in [1.29, 1.82) is 0 Å². The second-order valence-electron chi connectivity index (χ2n) is 11.6. The van der Waals surface area contributed by atoms with Gasteiger partial charge in [-0.3, -0.25) is 0 Å². The van der Waals surface area contributed by atoms with E-state index in [4.69, 9.17) is 0 Å². The van der Waals surface area contributed by atoms with Crippen molar-refractivity contribution in [3.05, 3.63) is 12.2 Å². The molecule has 0 amide bonds. The molecule has 2 saturated carbocycles. The van der Waals surface area contributed by atoms with Gasteiger partial charge in [-0.2, -0.15) is 0 Å². The third-order valence-electron chi connectivity index (χ3n) is 9.53. The van der Waals surface area contributed by atoms with Gasteiger partial charge >= 0.3 is 0 Å². The Bertz CT molecular complexity index is 488. The average molecular weight is 419 g/mol. The highest BCUT2D eigenvalue weighted by atomic mass is 14.6. The zero-order valence-electron chi connectivity index (χ0n) is 22.6. The molecule has 178 valence electrons. The van der Waals surface area contributed by atoms with Crippen molar-refractivity contribution in [1.82, 2.24) is 0 Å². The molecule has 0 saturated heterocycles. The van der Waals surface area contributed by atoms with Gasteiger partial charge < -0.3 is 0 Å². The first-order valence-corrected chi connectivity index (χ1v) is 13.9. The fraction of sp³-hybridized carbons (Fsp3) is 0.933. The van der Waals surface area contributed by atoms with E-state index in [-0.39, 0.29) is 0 Å². The second kappa shape index (κ2) is 12.7. The van der Waals surface area contributed by atoms with Crippen LogP contribution in [0.1, 0.15) is 139 Å². The van der Waals surface area contributed by atoms with E-state index in [0.717, 1.165) is 29.6 Å². The van der Waals surface area contributed by atoms with Crippen molar-refractivity contribution >= 4 is 0 Å². The van der Waals surface area contributed by atoms with E-state index in [1.54, 1.807) is 0 Å². The lowest BCUT2D eigenvalue weighted by molar-refractivity contribution is -0.0343. The third-order valence-corrected chi connectivity index (χ3v) is 9.53. The minimum absolute atomic E-state index is 0.355. The Morgan fingerprint density at radius 2 is 1.73 bits per heavy atom. The molecule has 0 aliphatic heterocycles. The van der Waals surface area contributed by atoms with Crippen LogP contribution in [0.5, 0.6) is 0 Å². The predicted octanol–water partition coefficient (Wildman–Crippen LogP) is 10.5. The first-order valence-electron chi connectivity index (χ1n) is 13.9. The van der Waals surface area contributed by atoms with Crippen LogP contribution in [-0.4, -0.2) is 0 Å². The van der Waals surface area contributed by atoms with E-state index in [9.17, 15) is 0 Å². The largest absolute Gasteiger partial charge is 0.0996 e. The minimum atomic E-state index is 0.355. The first kappa shape index (κ1) is 27.8. The van der Waals surface area contributed by atoms with Crippen LogP contribution in [0.25, 0.3) is 0 Å². The quantitative estimate of drug-likeness (QED) is 0.231. The van der Waals surface area contributed by atoms with Crippen molar-refractivity contribution < 1.29 is 0 Å². The Hall–Kier alpha value is -0.260. The Morgan fingerprint density at radius 1 is 1.07 bits per heavy atom. The van der Waals surface area contributed by atoms with Gasteiger partial charge in [0, 0.05) is 0 Å². The van der Waals surface area contributed by atoms with Crippen LogP contribution in [0.4, 0.5) is 0 Å². The molecule has 6 atom stereocenters. The maximum absolute atomic E-state index is 4.51. The molecule has 2 aliphatic rings. The highest BCUT2D eigenvalue weighted by molar-refractivity contribution is 5.13. The Balaban J connectivity index is 0.00000218. The van der Waals surface area contributed by atoms with Crippen LogP contribution < -0.4 is 0 Å². The Labute approximate surface area is 192 Å². The first-order chi connectivity index (χ1) is 14.2. The van der Waals surface area contributed by atoms with E-state index in [2.05, 4.69) is 55.0 Å². The Kier molecular flexibility index (Phi) is 11.8. The van der Waals surface area contributed by atoms with Gasteiger partial charge in [-0.1, -0.05) is 106 Å². The summed E-state index contributed by atoms with van der Waals surface area (Å²) in [5.74, 6) is 4.60. The fourth-order valence-corrected chi connectivity index (χ4v) is 7.43. The third kappa shape index (κ3) is 6.16. The molecule has 30 heavy (non-hydrogen) atoms. The fourth-order valence-electron chi connectivity index (χ4n) is 7.43. The van der Waals surface area contributed by atoms with Crippen molar-refractivity contribution in [2.75, 3.05) is 0 Å². The van der Waals surface area contributed by atoms with E-state index >= 15 is 0 Å². The van der Waals surface area contributed by atoms with Crippen LogP contribution in [0.3, 0.4) is 0 Å². The topological polar surface area (TPSA) is 0 Å². The van der Waals surface area contributed by atoms with Gasteiger partial charge in [0.2, 0.25) is 0 Å². The maximum atomic E-state index is 4.51. The molecule has 2 rings (SSSR count). The summed E-state index contributed by atoms with van der Waals surface area (Å²) in [5.41, 5.74) is 2.43. The van der Waals surface area contributed by atoms with Crippen LogP contribution in [0.2, 0.25) is 0 Å². The van der Waals surface area contributed by atoms with Gasteiger partial charge in [0.05, 0.1) is 0 Å². The van der Waals surface area contributed by atoms with Gasteiger partial charge in [0.1, 0.15) is 0 Å². The number of fused-ring (bicyclic) bond motifs is 1.